The summed E-state index contributed by atoms with van der Waals surface area (Å²) in [4.78, 5) is 23.1. The lowest BCUT2D eigenvalue weighted by molar-refractivity contribution is -0.137. The second-order valence-corrected chi connectivity index (χ2v) is 4.93. The number of hydrogen-bond donors (Lipinski definition) is 2. The van der Waals surface area contributed by atoms with E-state index >= 15 is 0 Å². The Labute approximate surface area is 95.8 Å². The van der Waals surface area contributed by atoms with E-state index in [2.05, 4.69) is 19.2 Å². The molecule has 1 aliphatic carbocycles. The third-order valence-corrected chi connectivity index (χ3v) is 3.43. The van der Waals surface area contributed by atoms with Crippen LogP contribution < -0.4 is 5.32 Å². The molecule has 16 heavy (non-hydrogen) atoms. The first kappa shape index (κ1) is 12.8. The molecule has 5 nitrogen and oxygen atoms in total. The van der Waals surface area contributed by atoms with Crippen molar-refractivity contribution in [2.45, 2.75) is 26.7 Å². The molecule has 0 saturated heterocycles. The van der Waals surface area contributed by atoms with Crippen molar-refractivity contribution in [1.29, 1.82) is 0 Å². The zero-order valence-electron chi connectivity index (χ0n) is 10.1. The van der Waals surface area contributed by atoms with E-state index in [0.29, 0.717) is 12.5 Å². The summed E-state index contributed by atoms with van der Waals surface area (Å²) in [5.74, 6) is -0.444. The van der Waals surface area contributed by atoms with Gasteiger partial charge in [-0.3, -0.25) is 4.79 Å². The molecule has 5 heteroatoms. The Balaban J connectivity index is 2.33. The lowest BCUT2D eigenvalue weighted by Crippen LogP contribution is -2.43. The molecule has 0 unspecified atom stereocenters. The molecule has 0 heterocycles. The predicted molar refractivity (Wildman–Crippen MR) is 60.2 cm³/mol. The Morgan fingerprint density at radius 2 is 2.00 bits per heavy atom. The molecule has 1 saturated carbocycles. The van der Waals surface area contributed by atoms with Gasteiger partial charge in [-0.2, -0.15) is 0 Å². The highest BCUT2D eigenvalue weighted by atomic mass is 16.4. The quantitative estimate of drug-likeness (QED) is 0.741. The number of carbonyl (C=O) groups is 2. The maximum absolute atomic E-state index is 11.5. The van der Waals surface area contributed by atoms with Crippen LogP contribution in [0.2, 0.25) is 0 Å². The van der Waals surface area contributed by atoms with Crippen LogP contribution in [0.3, 0.4) is 0 Å². The molecule has 2 amide bonds. The first-order chi connectivity index (χ1) is 7.37. The molecule has 0 aromatic rings. The highest BCUT2D eigenvalue weighted by Gasteiger charge is 2.45. The van der Waals surface area contributed by atoms with Gasteiger partial charge < -0.3 is 15.3 Å². The maximum atomic E-state index is 11.5. The number of likely N-dealkylation sites (N-methyl/N-ethyl adjacent to an activating group) is 1. The van der Waals surface area contributed by atoms with Gasteiger partial charge in [0.25, 0.3) is 0 Å². The van der Waals surface area contributed by atoms with Crippen molar-refractivity contribution in [2.75, 3.05) is 20.1 Å². The number of aliphatic carboxylic acids is 1. The van der Waals surface area contributed by atoms with Crippen molar-refractivity contribution in [1.82, 2.24) is 10.2 Å². The van der Waals surface area contributed by atoms with Gasteiger partial charge in [0.2, 0.25) is 0 Å². The van der Waals surface area contributed by atoms with Gasteiger partial charge in [-0.1, -0.05) is 13.8 Å². The molecule has 1 aliphatic rings. The Kier molecular flexibility index (Phi) is 3.78. The zero-order chi connectivity index (χ0) is 12.3. The van der Waals surface area contributed by atoms with Crippen molar-refractivity contribution in [3.8, 4) is 0 Å². The second-order valence-electron chi connectivity index (χ2n) is 4.93. The van der Waals surface area contributed by atoms with Crippen molar-refractivity contribution >= 4 is 12.0 Å². The van der Waals surface area contributed by atoms with Crippen LogP contribution in [0.4, 0.5) is 4.79 Å². The molecule has 0 radical (unpaired) electrons. The average Bonchev–Trinajstić information content (AvgIpc) is 2.93. The fourth-order valence-electron chi connectivity index (χ4n) is 1.78. The average molecular weight is 228 g/mol. The van der Waals surface area contributed by atoms with E-state index in [-0.39, 0.29) is 18.0 Å². The van der Waals surface area contributed by atoms with Gasteiger partial charge in [-0.25, -0.2) is 4.79 Å². The fraction of sp³-hybridized carbons (Fsp3) is 0.818. The van der Waals surface area contributed by atoms with E-state index in [0.717, 1.165) is 12.8 Å². The van der Waals surface area contributed by atoms with Crippen LogP contribution in [-0.4, -0.2) is 42.1 Å². The van der Waals surface area contributed by atoms with Crippen LogP contribution in [0, 0.1) is 11.3 Å². The van der Waals surface area contributed by atoms with Crippen LogP contribution in [0.15, 0.2) is 0 Å². The van der Waals surface area contributed by atoms with Gasteiger partial charge in [-0.15, -0.1) is 0 Å². The second kappa shape index (κ2) is 4.72. The molecular formula is C11H20N2O3. The summed E-state index contributed by atoms with van der Waals surface area (Å²) in [6, 6.07) is -0.311. The van der Waals surface area contributed by atoms with Crippen molar-refractivity contribution in [2.24, 2.45) is 11.3 Å². The summed E-state index contributed by atoms with van der Waals surface area (Å²) >= 11 is 0. The van der Waals surface area contributed by atoms with Crippen LogP contribution in [0.25, 0.3) is 0 Å². The van der Waals surface area contributed by atoms with E-state index in [1.807, 2.05) is 0 Å². The Hall–Kier alpha value is -1.26. The molecule has 0 aromatic carbocycles. The standard InChI is InChI=1S/C11H20N2O3/c1-8(2)11(4-5-11)7-12-10(16)13(3)6-9(14)15/h8H,4-7H2,1-3H3,(H,12,16)(H,14,15). The number of nitrogens with zero attached hydrogens (tertiary/aromatic N) is 1. The molecule has 0 bridgehead atoms. The SMILES string of the molecule is CC(C)C1(CNC(=O)N(C)CC(=O)O)CC1. The minimum absolute atomic E-state index is 0.250. The summed E-state index contributed by atoms with van der Waals surface area (Å²) in [5, 5.41) is 11.3. The number of carbonyl (C=O) groups excluding carboxylic acids is 1. The molecule has 0 atom stereocenters. The van der Waals surface area contributed by atoms with E-state index in [9.17, 15) is 9.59 Å². The number of urea groups is 1. The summed E-state index contributed by atoms with van der Waals surface area (Å²) in [7, 11) is 1.48. The summed E-state index contributed by atoms with van der Waals surface area (Å²) in [6.45, 7) is 4.69. The number of carboxylic acid groups (broad SMARTS) is 1. The zero-order valence-corrected chi connectivity index (χ0v) is 10.1. The summed E-state index contributed by atoms with van der Waals surface area (Å²) in [6.07, 6.45) is 2.29. The smallest absolute Gasteiger partial charge is 0.323 e. The molecule has 2 N–H and O–H groups in total. The van der Waals surface area contributed by atoms with Crippen LogP contribution in [-0.2, 0) is 4.79 Å². The molecular weight excluding hydrogens is 208 g/mol. The monoisotopic (exact) mass is 228 g/mol. The molecule has 92 valence electrons. The number of hydrogen-bond acceptors (Lipinski definition) is 2. The Morgan fingerprint density at radius 1 is 1.44 bits per heavy atom. The van der Waals surface area contributed by atoms with Gasteiger partial charge in [0, 0.05) is 13.6 Å². The van der Waals surface area contributed by atoms with Crippen molar-refractivity contribution in [3.63, 3.8) is 0 Å². The normalized spacial score (nSPS) is 17.0. The predicted octanol–water partition coefficient (Wildman–Crippen LogP) is 1.15. The molecule has 0 spiro atoms. The van der Waals surface area contributed by atoms with Crippen LogP contribution in [0.1, 0.15) is 26.7 Å². The molecule has 1 rings (SSSR count). The van der Waals surface area contributed by atoms with E-state index in [1.165, 1.54) is 11.9 Å². The number of nitrogens with one attached hydrogen (secondary N) is 1. The number of rotatable bonds is 5. The van der Waals surface area contributed by atoms with Gasteiger partial charge in [0.05, 0.1) is 0 Å². The van der Waals surface area contributed by atoms with Gasteiger partial charge in [-0.05, 0) is 24.2 Å². The maximum Gasteiger partial charge on any atom is 0.323 e. The topological polar surface area (TPSA) is 69.6 Å². The van der Waals surface area contributed by atoms with Crippen molar-refractivity contribution < 1.29 is 14.7 Å². The third kappa shape index (κ3) is 3.12. The lowest BCUT2D eigenvalue weighted by Gasteiger charge is -2.22. The Bertz CT molecular complexity index is 285. The fourth-order valence-corrected chi connectivity index (χ4v) is 1.78. The minimum Gasteiger partial charge on any atom is -0.480 e. The third-order valence-electron chi connectivity index (χ3n) is 3.43. The van der Waals surface area contributed by atoms with Crippen LogP contribution >= 0.6 is 0 Å². The first-order valence-corrected chi connectivity index (χ1v) is 5.58. The highest BCUT2D eigenvalue weighted by Crippen LogP contribution is 2.51. The highest BCUT2D eigenvalue weighted by molar-refractivity contribution is 5.79. The van der Waals surface area contributed by atoms with Crippen molar-refractivity contribution in [3.05, 3.63) is 0 Å². The molecule has 0 aromatic heterocycles. The first-order valence-electron chi connectivity index (χ1n) is 5.58. The van der Waals surface area contributed by atoms with E-state index in [1.54, 1.807) is 0 Å². The van der Waals surface area contributed by atoms with E-state index < -0.39 is 5.97 Å². The minimum atomic E-state index is -0.998. The number of amides is 2. The van der Waals surface area contributed by atoms with Gasteiger partial charge in [0.15, 0.2) is 0 Å². The summed E-state index contributed by atoms with van der Waals surface area (Å²) in [5.41, 5.74) is 0.250. The molecule has 1 fully saturated rings. The number of carboxylic acids is 1. The van der Waals surface area contributed by atoms with Crippen LogP contribution in [0.5, 0.6) is 0 Å². The Morgan fingerprint density at radius 3 is 2.38 bits per heavy atom. The molecule has 0 aliphatic heterocycles. The van der Waals surface area contributed by atoms with Gasteiger partial charge >= 0.3 is 12.0 Å². The van der Waals surface area contributed by atoms with Gasteiger partial charge in [0.1, 0.15) is 6.54 Å². The summed E-state index contributed by atoms with van der Waals surface area (Å²) < 4.78 is 0. The largest absolute Gasteiger partial charge is 0.480 e. The lowest BCUT2D eigenvalue weighted by atomic mass is 9.92. The van der Waals surface area contributed by atoms with E-state index in [4.69, 9.17) is 5.11 Å².